The van der Waals surface area contributed by atoms with Gasteiger partial charge in [-0.25, -0.2) is 4.98 Å². The van der Waals surface area contributed by atoms with Gasteiger partial charge < -0.3 is 14.4 Å². The van der Waals surface area contributed by atoms with Gasteiger partial charge in [-0.3, -0.25) is 9.59 Å². The Bertz CT molecular complexity index is 1060. The van der Waals surface area contributed by atoms with Gasteiger partial charge in [0.15, 0.2) is 0 Å². The van der Waals surface area contributed by atoms with Crippen molar-refractivity contribution in [2.24, 2.45) is 13.0 Å². The molecule has 1 unspecified atom stereocenters. The summed E-state index contributed by atoms with van der Waals surface area (Å²) in [5, 5.41) is 0. The van der Waals surface area contributed by atoms with Gasteiger partial charge in [-0.05, 0) is 29.5 Å². The molecule has 1 atom stereocenters. The zero-order valence-electron chi connectivity index (χ0n) is 18.8. The van der Waals surface area contributed by atoms with Crippen molar-refractivity contribution in [1.29, 1.82) is 0 Å². The third kappa shape index (κ3) is 4.90. The Morgan fingerprint density at radius 2 is 1.75 bits per heavy atom. The van der Waals surface area contributed by atoms with Crippen LogP contribution in [0.25, 0.3) is 11.1 Å². The number of amides is 2. The first-order valence-electron chi connectivity index (χ1n) is 11.3. The van der Waals surface area contributed by atoms with E-state index in [1.165, 1.54) is 5.56 Å². The number of nitrogens with zero attached hydrogens (tertiary/aromatic N) is 4. The third-order valence-electron chi connectivity index (χ3n) is 5.99. The van der Waals surface area contributed by atoms with Crippen LogP contribution in [0.2, 0.25) is 0 Å². The molecule has 1 aliphatic rings. The number of imidazole rings is 1. The Morgan fingerprint density at radius 1 is 1.03 bits per heavy atom. The van der Waals surface area contributed by atoms with Crippen LogP contribution >= 0.6 is 0 Å². The van der Waals surface area contributed by atoms with E-state index in [1.54, 1.807) is 22.0 Å². The average molecular weight is 431 g/mol. The highest BCUT2D eigenvalue weighted by molar-refractivity contribution is 5.93. The van der Waals surface area contributed by atoms with Gasteiger partial charge in [-0.2, -0.15) is 0 Å². The van der Waals surface area contributed by atoms with Crippen molar-refractivity contribution in [2.75, 3.05) is 26.2 Å². The zero-order valence-corrected chi connectivity index (χ0v) is 18.8. The first kappa shape index (κ1) is 21.8. The maximum atomic E-state index is 13.3. The standard InChI is InChI=1S/C26H30N4O2/c1-3-13-29-14-15-30(26(32)24-18-28(2)19-27-24)17-23(25(29)31)16-20-9-11-22(12-10-20)21-7-5-4-6-8-21/h4-12,18-19,23H,3,13-17H2,1-2H3. The summed E-state index contributed by atoms with van der Waals surface area (Å²) in [6.07, 6.45) is 4.88. The fourth-order valence-electron chi connectivity index (χ4n) is 4.31. The molecule has 1 aliphatic heterocycles. The number of benzene rings is 2. The van der Waals surface area contributed by atoms with Crippen LogP contribution in [0.5, 0.6) is 0 Å². The van der Waals surface area contributed by atoms with E-state index in [4.69, 9.17) is 0 Å². The number of aryl methyl sites for hydroxylation is 1. The highest BCUT2D eigenvalue weighted by Crippen LogP contribution is 2.23. The van der Waals surface area contributed by atoms with Gasteiger partial charge >= 0.3 is 0 Å². The van der Waals surface area contributed by atoms with Gasteiger partial charge in [0.1, 0.15) is 5.69 Å². The molecule has 166 valence electrons. The van der Waals surface area contributed by atoms with Crippen LogP contribution in [0.15, 0.2) is 67.1 Å². The average Bonchev–Trinajstić information content (AvgIpc) is 3.20. The second kappa shape index (κ2) is 9.81. The molecule has 0 spiro atoms. The van der Waals surface area contributed by atoms with Crippen molar-refractivity contribution >= 4 is 11.8 Å². The van der Waals surface area contributed by atoms with E-state index >= 15 is 0 Å². The van der Waals surface area contributed by atoms with Gasteiger partial charge in [-0.1, -0.05) is 61.5 Å². The molecule has 2 heterocycles. The number of carbonyl (C=O) groups is 2. The summed E-state index contributed by atoms with van der Waals surface area (Å²) in [7, 11) is 1.85. The molecule has 6 nitrogen and oxygen atoms in total. The fourth-order valence-corrected chi connectivity index (χ4v) is 4.31. The summed E-state index contributed by atoms with van der Waals surface area (Å²) < 4.78 is 1.77. The van der Waals surface area contributed by atoms with Crippen molar-refractivity contribution in [3.05, 3.63) is 78.4 Å². The molecule has 6 heteroatoms. The molecule has 0 N–H and O–H groups in total. The van der Waals surface area contributed by atoms with E-state index in [1.807, 2.05) is 30.1 Å². The van der Waals surface area contributed by atoms with E-state index in [9.17, 15) is 9.59 Å². The smallest absolute Gasteiger partial charge is 0.274 e. The predicted octanol–water partition coefficient (Wildman–Crippen LogP) is 3.64. The summed E-state index contributed by atoms with van der Waals surface area (Å²) in [6.45, 7) is 4.30. The molecule has 0 bridgehead atoms. The molecule has 1 aromatic heterocycles. The lowest BCUT2D eigenvalue weighted by Gasteiger charge is -2.23. The zero-order chi connectivity index (χ0) is 22.5. The van der Waals surface area contributed by atoms with Crippen molar-refractivity contribution in [1.82, 2.24) is 19.4 Å². The van der Waals surface area contributed by atoms with E-state index in [0.29, 0.717) is 38.3 Å². The van der Waals surface area contributed by atoms with Crippen molar-refractivity contribution < 1.29 is 9.59 Å². The number of hydrogen-bond acceptors (Lipinski definition) is 3. The topological polar surface area (TPSA) is 58.4 Å². The molecule has 1 fully saturated rings. The summed E-state index contributed by atoms with van der Waals surface area (Å²) in [6, 6.07) is 18.6. The normalized spacial score (nSPS) is 16.8. The first-order valence-corrected chi connectivity index (χ1v) is 11.3. The maximum absolute atomic E-state index is 13.3. The van der Waals surface area contributed by atoms with E-state index in [-0.39, 0.29) is 17.7 Å². The van der Waals surface area contributed by atoms with Gasteiger partial charge in [0.25, 0.3) is 5.91 Å². The molecular formula is C26H30N4O2. The Labute approximate surface area is 189 Å². The highest BCUT2D eigenvalue weighted by atomic mass is 16.2. The third-order valence-corrected chi connectivity index (χ3v) is 5.99. The van der Waals surface area contributed by atoms with Crippen molar-refractivity contribution in [3.63, 3.8) is 0 Å². The largest absolute Gasteiger partial charge is 0.341 e. The molecular weight excluding hydrogens is 400 g/mol. The van der Waals surface area contributed by atoms with Gasteiger partial charge in [0.2, 0.25) is 5.91 Å². The number of hydrogen-bond donors (Lipinski definition) is 0. The van der Waals surface area contributed by atoms with Gasteiger partial charge in [-0.15, -0.1) is 0 Å². The molecule has 2 amide bonds. The van der Waals surface area contributed by atoms with E-state index < -0.39 is 0 Å². The lowest BCUT2D eigenvalue weighted by Crippen LogP contribution is -2.38. The van der Waals surface area contributed by atoms with E-state index in [2.05, 4.69) is 48.3 Å². The van der Waals surface area contributed by atoms with Crippen LogP contribution in [0.1, 0.15) is 29.4 Å². The molecule has 3 aromatic rings. The lowest BCUT2D eigenvalue weighted by molar-refractivity contribution is -0.134. The Balaban J connectivity index is 1.53. The van der Waals surface area contributed by atoms with Crippen molar-refractivity contribution in [2.45, 2.75) is 19.8 Å². The second-order valence-electron chi connectivity index (χ2n) is 8.46. The monoisotopic (exact) mass is 430 g/mol. The molecule has 1 saturated heterocycles. The van der Waals surface area contributed by atoms with Gasteiger partial charge in [0, 0.05) is 39.4 Å². The molecule has 0 aliphatic carbocycles. The maximum Gasteiger partial charge on any atom is 0.274 e. The molecule has 4 rings (SSSR count). The molecule has 0 radical (unpaired) electrons. The minimum Gasteiger partial charge on any atom is -0.341 e. The second-order valence-corrected chi connectivity index (χ2v) is 8.46. The quantitative estimate of drug-likeness (QED) is 0.600. The SMILES string of the molecule is CCCN1CCN(C(=O)c2cn(C)cn2)CC(Cc2ccc(-c3ccccc3)cc2)C1=O. The van der Waals surface area contributed by atoms with Crippen LogP contribution < -0.4 is 0 Å². The minimum absolute atomic E-state index is 0.110. The molecule has 2 aromatic carbocycles. The Kier molecular flexibility index (Phi) is 6.69. The number of rotatable bonds is 6. The van der Waals surface area contributed by atoms with Crippen molar-refractivity contribution in [3.8, 4) is 11.1 Å². The summed E-state index contributed by atoms with van der Waals surface area (Å²) >= 11 is 0. The summed E-state index contributed by atoms with van der Waals surface area (Å²) in [5.74, 6) is -0.240. The Hall–Kier alpha value is -3.41. The van der Waals surface area contributed by atoms with Gasteiger partial charge in [0.05, 0.1) is 12.2 Å². The number of carbonyl (C=O) groups excluding carboxylic acids is 2. The molecule has 0 saturated carbocycles. The molecule has 32 heavy (non-hydrogen) atoms. The summed E-state index contributed by atoms with van der Waals surface area (Å²) in [4.78, 5) is 34.3. The fraction of sp³-hybridized carbons (Fsp3) is 0.346. The minimum atomic E-state index is -0.265. The van der Waals surface area contributed by atoms with Crippen LogP contribution in [0.3, 0.4) is 0 Å². The lowest BCUT2D eigenvalue weighted by atomic mass is 9.95. The Morgan fingerprint density at radius 3 is 2.41 bits per heavy atom. The highest BCUT2D eigenvalue weighted by Gasteiger charge is 2.32. The van der Waals surface area contributed by atoms with E-state index in [0.717, 1.165) is 17.5 Å². The van der Waals surface area contributed by atoms with Crippen LogP contribution in [0.4, 0.5) is 0 Å². The van der Waals surface area contributed by atoms with Crippen LogP contribution in [-0.2, 0) is 18.3 Å². The number of aromatic nitrogens is 2. The first-order chi connectivity index (χ1) is 15.5. The summed E-state index contributed by atoms with van der Waals surface area (Å²) in [5.41, 5.74) is 3.86. The van der Waals surface area contributed by atoms with Crippen LogP contribution in [-0.4, -0.2) is 57.3 Å². The predicted molar refractivity (Wildman–Crippen MR) is 125 cm³/mol. The van der Waals surface area contributed by atoms with Crippen LogP contribution in [0, 0.1) is 5.92 Å².